The topological polar surface area (TPSA) is 395 Å². The second kappa shape index (κ2) is 49.4. The molecule has 22 unspecified atom stereocenters. The van der Waals surface area contributed by atoms with Crippen molar-refractivity contribution in [1.82, 2.24) is 10.6 Å². The van der Waals surface area contributed by atoms with Crippen LogP contribution in [-0.2, 0) is 47.5 Å². The van der Waals surface area contributed by atoms with Gasteiger partial charge >= 0.3 is 0 Å². The molecule has 4 aliphatic rings. The highest BCUT2D eigenvalue weighted by Crippen LogP contribution is 2.35. The zero-order chi connectivity index (χ0) is 68.6. The van der Waals surface area contributed by atoms with Crippen LogP contribution in [0.2, 0.25) is 0 Å². The van der Waals surface area contributed by atoms with Crippen LogP contribution in [0, 0.1) is 0 Å². The van der Waals surface area contributed by atoms with E-state index in [1.807, 2.05) is 6.08 Å². The Morgan fingerprint density at radius 2 is 0.777 bits per heavy atom. The first-order valence-electron chi connectivity index (χ1n) is 36.4. The van der Waals surface area contributed by atoms with Gasteiger partial charge in [0.1, 0.15) is 97.6 Å². The van der Waals surface area contributed by atoms with Crippen molar-refractivity contribution in [3.8, 4) is 0 Å². The van der Waals surface area contributed by atoms with E-state index in [4.69, 9.17) is 37.9 Å². The number of ether oxygens (including phenoxy) is 8. The van der Waals surface area contributed by atoms with Gasteiger partial charge in [0.15, 0.2) is 25.2 Å². The summed E-state index contributed by atoms with van der Waals surface area (Å²) in [6.07, 6.45) is 9.89. The van der Waals surface area contributed by atoms with Crippen LogP contribution >= 0.6 is 0 Å². The monoisotopic (exact) mass is 1350 g/mol. The Hall–Kier alpha value is -2.16. The van der Waals surface area contributed by atoms with E-state index >= 15 is 0 Å². The molecule has 4 rings (SSSR count). The number of hydrogen-bond acceptors (Lipinski definition) is 23. The van der Waals surface area contributed by atoms with Crippen LogP contribution in [0.15, 0.2) is 12.2 Å². The molecule has 0 aromatic heterocycles. The third kappa shape index (κ3) is 30.0. The van der Waals surface area contributed by atoms with Gasteiger partial charge in [0.2, 0.25) is 11.8 Å². The summed E-state index contributed by atoms with van der Waals surface area (Å²) in [5, 5.41) is 148. The van der Waals surface area contributed by atoms with Gasteiger partial charge in [0.25, 0.3) is 0 Å². The lowest BCUT2D eigenvalue weighted by atomic mass is 9.95. The fourth-order valence-electron chi connectivity index (χ4n) is 13.0. The summed E-state index contributed by atoms with van der Waals surface area (Å²) in [5.74, 6) is -0.999. The first-order valence-corrected chi connectivity index (χ1v) is 36.4. The van der Waals surface area contributed by atoms with Crippen LogP contribution in [-0.4, -0.2) is 246 Å². The van der Waals surface area contributed by atoms with E-state index in [1.54, 1.807) is 6.08 Å². The van der Waals surface area contributed by atoms with Crippen LogP contribution in [0.25, 0.3) is 0 Å². The fourth-order valence-corrected chi connectivity index (χ4v) is 13.0. The third-order valence-corrected chi connectivity index (χ3v) is 18.9. The number of aliphatic hydroxyl groups excluding tert-OH is 13. The summed E-state index contributed by atoms with van der Waals surface area (Å²) < 4.78 is 46.5. The minimum Gasteiger partial charge on any atom is -0.394 e. The number of hydrogen-bond donors (Lipinski definition) is 15. The van der Waals surface area contributed by atoms with Crippen molar-refractivity contribution in [2.45, 2.75) is 380 Å². The number of rotatable bonds is 52. The second-order valence-corrected chi connectivity index (χ2v) is 26.8. The average Bonchev–Trinajstić information content (AvgIpc) is 0.782. The molecule has 15 N–H and O–H groups in total. The Balaban J connectivity index is 1.28. The lowest BCUT2D eigenvalue weighted by Gasteiger charge is -2.49. The number of aliphatic hydroxyl groups is 13. The van der Waals surface area contributed by atoms with Crippen LogP contribution in [0.3, 0.4) is 0 Å². The highest BCUT2D eigenvalue weighted by molar-refractivity contribution is 5.76. The van der Waals surface area contributed by atoms with Gasteiger partial charge in [-0.1, -0.05) is 225 Å². The minimum atomic E-state index is -2.10. The smallest absolute Gasteiger partial charge is 0.220 e. The lowest BCUT2D eigenvalue weighted by Crippen LogP contribution is -2.69. The number of carbonyl (C=O) groups is 2. The fraction of sp³-hybridized carbons (Fsp3) is 0.942. The van der Waals surface area contributed by atoms with Crippen molar-refractivity contribution in [1.29, 1.82) is 0 Å². The van der Waals surface area contributed by atoms with Crippen molar-refractivity contribution in [2.75, 3.05) is 33.0 Å². The lowest BCUT2D eigenvalue weighted by molar-refractivity contribution is -0.386. The van der Waals surface area contributed by atoms with Crippen LogP contribution < -0.4 is 10.6 Å². The molecule has 0 aromatic carbocycles. The molecule has 0 radical (unpaired) electrons. The van der Waals surface area contributed by atoms with Crippen molar-refractivity contribution in [3.05, 3.63) is 12.2 Å². The molecule has 4 saturated heterocycles. The molecule has 4 aliphatic heterocycles. The maximum absolute atomic E-state index is 13.5. The van der Waals surface area contributed by atoms with E-state index in [0.717, 1.165) is 45.4 Å². The number of nitrogens with one attached hydrogen (secondary N) is 2. The van der Waals surface area contributed by atoms with Gasteiger partial charge in [0, 0.05) is 13.3 Å². The van der Waals surface area contributed by atoms with Gasteiger partial charge in [-0.25, -0.2) is 0 Å². The largest absolute Gasteiger partial charge is 0.394 e. The van der Waals surface area contributed by atoms with E-state index in [-0.39, 0.29) is 12.3 Å². The predicted octanol–water partition coefficient (Wildman–Crippen LogP) is 4.51. The molecule has 4 fully saturated rings. The van der Waals surface area contributed by atoms with Crippen LogP contribution in [0.4, 0.5) is 0 Å². The average molecular weight is 1350 g/mol. The molecule has 552 valence electrons. The zero-order valence-electron chi connectivity index (χ0n) is 57.0. The summed E-state index contributed by atoms with van der Waals surface area (Å²) >= 11 is 0. The summed E-state index contributed by atoms with van der Waals surface area (Å²) in [6.45, 7) is 1.65. The van der Waals surface area contributed by atoms with Gasteiger partial charge in [-0.05, 0) is 19.3 Å². The Morgan fingerprint density at radius 1 is 0.415 bits per heavy atom. The Labute approximate surface area is 559 Å². The first-order chi connectivity index (χ1) is 45.5. The van der Waals surface area contributed by atoms with Gasteiger partial charge in [-0.3, -0.25) is 9.59 Å². The summed E-state index contributed by atoms with van der Waals surface area (Å²) in [5.41, 5.74) is 0. The summed E-state index contributed by atoms with van der Waals surface area (Å²) in [4.78, 5) is 25.5. The van der Waals surface area contributed by atoms with Crippen molar-refractivity contribution in [2.24, 2.45) is 0 Å². The molecule has 0 aromatic rings. The Kier molecular flexibility index (Phi) is 44.3. The maximum atomic E-state index is 13.5. The van der Waals surface area contributed by atoms with E-state index < -0.39 is 174 Å². The molecule has 0 saturated carbocycles. The molecule has 25 nitrogen and oxygen atoms in total. The molecule has 2 amide bonds. The predicted molar refractivity (Wildman–Crippen MR) is 349 cm³/mol. The van der Waals surface area contributed by atoms with E-state index in [0.29, 0.717) is 12.8 Å². The number of carbonyl (C=O) groups excluding carboxylic acids is 2. The standard InChI is InChI=1S/C69H128N2O23/c1-4-6-8-10-12-14-16-18-19-20-21-22-23-24-25-26-28-30-32-34-36-38-40-53(78)71-47(48(77)39-37-35-33-31-29-27-17-15-13-11-9-7-5-2)45-87-67-60(84)58(82)63(51(43-74)90-67)92-68-61(85)59(83)64(52(44-75)91-68)93-69-62(86)65(56(80)50(42-73)89-69)94-66-54(70-46(3)76)57(81)55(79)49(41-72)88-66/h37,39,47-52,54-69,72-75,77,79-86H,4-36,38,40-45H2,1-3H3,(H,70,76)(H,71,78). The number of unbranched alkanes of at least 4 members (excludes halogenated alkanes) is 32. The highest BCUT2D eigenvalue weighted by Gasteiger charge is 2.56. The normalized spacial score (nSPS) is 32.2. The summed E-state index contributed by atoms with van der Waals surface area (Å²) in [6, 6.07) is -2.53. The van der Waals surface area contributed by atoms with Crippen molar-refractivity contribution < 1.29 is 114 Å². The molecule has 0 spiro atoms. The van der Waals surface area contributed by atoms with Crippen molar-refractivity contribution >= 4 is 11.8 Å². The number of amides is 2. The van der Waals surface area contributed by atoms with Crippen molar-refractivity contribution in [3.63, 3.8) is 0 Å². The second-order valence-electron chi connectivity index (χ2n) is 26.8. The van der Waals surface area contributed by atoms with Crippen LogP contribution in [0.5, 0.6) is 0 Å². The molecular weight excluding hydrogens is 1220 g/mol. The molecule has 94 heavy (non-hydrogen) atoms. The first kappa shape index (κ1) is 84.3. The van der Waals surface area contributed by atoms with E-state index in [1.165, 1.54) is 167 Å². The molecule has 0 aliphatic carbocycles. The Morgan fingerprint density at radius 3 is 1.21 bits per heavy atom. The molecular formula is C69H128N2O23. The third-order valence-electron chi connectivity index (χ3n) is 18.9. The maximum Gasteiger partial charge on any atom is 0.220 e. The zero-order valence-corrected chi connectivity index (χ0v) is 57.0. The quantitative estimate of drug-likeness (QED) is 0.0294. The SMILES string of the molecule is CCCCCCCCCCCCCC=CC(O)C(COC1OC(CO)C(OC2OC(CO)C(OC3OC(CO)C(O)C(OC4OC(CO)C(O)C(O)C4NC(C)=O)C3O)C(O)C2O)C(O)C1O)NC(=O)CCCCCCCCCCCCCCCCCCCCCCCC. The molecule has 4 heterocycles. The molecule has 25 heteroatoms. The molecule has 22 atom stereocenters. The van der Waals surface area contributed by atoms with Gasteiger partial charge in [0.05, 0.1) is 45.2 Å². The Bertz CT molecular complexity index is 1950. The number of allylic oxidation sites excluding steroid dienone is 1. The van der Waals surface area contributed by atoms with Crippen LogP contribution in [0.1, 0.15) is 245 Å². The van der Waals surface area contributed by atoms with Gasteiger partial charge < -0.3 is 115 Å². The van der Waals surface area contributed by atoms with E-state index in [9.17, 15) is 76.0 Å². The highest BCUT2D eigenvalue weighted by atomic mass is 16.8. The minimum absolute atomic E-state index is 0.219. The van der Waals surface area contributed by atoms with Gasteiger partial charge in [-0.2, -0.15) is 0 Å². The molecule has 0 bridgehead atoms. The summed E-state index contributed by atoms with van der Waals surface area (Å²) in [7, 11) is 0. The van der Waals surface area contributed by atoms with Gasteiger partial charge in [-0.15, -0.1) is 0 Å². The van der Waals surface area contributed by atoms with E-state index in [2.05, 4.69) is 24.5 Å².